The van der Waals surface area contributed by atoms with Gasteiger partial charge < -0.3 is 9.64 Å². The highest BCUT2D eigenvalue weighted by Gasteiger charge is 2.35. The summed E-state index contributed by atoms with van der Waals surface area (Å²) < 4.78 is 59.2. The molecule has 1 heterocycles. The molecule has 178 valence electrons. The lowest BCUT2D eigenvalue weighted by Gasteiger charge is -2.26. The SMILES string of the molecule is COc1ccc(CN(/C(=N/C(=O)c2ccnc(Cl)c2)SC)c2ccc(F)c(C(F)(F)F)c2)cc1. The van der Waals surface area contributed by atoms with Gasteiger partial charge in [-0.05, 0) is 54.3 Å². The summed E-state index contributed by atoms with van der Waals surface area (Å²) in [6.45, 7) is 0.0526. The Morgan fingerprint density at radius 3 is 2.44 bits per heavy atom. The second-order valence-corrected chi connectivity index (χ2v) is 8.03. The molecule has 0 N–H and O–H groups in total. The van der Waals surface area contributed by atoms with Gasteiger partial charge in [0.25, 0.3) is 5.91 Å². The van der Waals surface area contributed by atoms with E-state index in [1.165, 1.54) is 36.4 Å². The van der Waals surface area contributed by atoms with Gasteiger partial charge in [0.05, 0.1) is 19.2 Å². The number of ether oxygens (including phenoxy) is 1. The van der Waals surface area contributed by atoms with Crippen LogP contribution in [0.4, 0.5) is 23.2 Å². The Hall–Kier alpha value is -3.11. The molecule has 1 aromatic heterocycles. The van der Waals surface area contributed by atoms with Gasteiger partial charge >= 0.3 is 6.18 Å². The summed E-state index contributed by atoms with van der Waals surface area (Å²) in [4.78, 5) is 22.1. The number of pyridine rings is 1. The number of hydrogen-bond acceptors (Lipinski definition) is 4. The summed E-state index contributed by atoms with van der Waals surface area (Å²) in [6, 6.07) is 12.2. The van der Waals surface area contributed by atoms with Gasteiger partial charge in [-0.3, -0.25) is 4.79 Å². The molecule has 0 saturated heterocycles. The van der Waals surface area contributed by atoms with Gasteiger partial charge in [0.15, 0.2) is 5.17 Å². The number of amides is 1. The first kappa shape index (κ1) is 25.5. The van der Waals surface area contributed by atoms with Crippen molar-refractivity contribution in [2.24, 2.45) is 4.99 Å². The van der Waals surface area contributed by atoms with E-state index >= 15 is 0 Å². The Kier molecular flexibility index (Phi) is 8.16. The fraction of sp³-hybridized carbons (Fsp3) is 0.174. The smallest absolute Gasteiger partial charge is 0.419 e. The minimum absolute atomic E-state index is 0.0122. The lowest BCUT2D eigenvalue weighted by atomic mass is 10.1. The van der Waals surface area contributed by atoms with E-state index in [2.05, 4.69) is 9.98 Å². The van der Waals surface area contributed by atoms with Crippen LogP contribution in [0.25, 0.3) is 0 Å². The van der Waals surface area contributed by atoms with E-state index < -0.39 is 23.5 Å². The van der Waals surface area contributed by atoms with E-state index in [9.17, 15) is 22.4 Å². The van der Waals surface area contributed by atoms with Crippen LogP contribution in [0.3, 0.4) is 0 Å². The number of hydrogen-bond donors (Lipinski definition) is 0. The number of benzene rings is 2. The highest BCUT2D eigenvalue weighted by Crippen LogP contribution is 2.35. The molecule has 1 amide bonds. The molecule has 11 heteroatoms. The average molecular weight is 512 g/mol. The number of carbonyl (C=O) groups excluding carboxylic acids is 1. The van der Waals surface area contributed by atoms with Crippen molar-refractivity contribution in [2.75, 3.05) is 18.3 Å². The third-order valence-electron chi connectivity index (χ3n) is 4.65. The molecule has 0 fully saturated rings. The monoisotopic (exact) mass is 511 g/mol. The summed E-state index contributed by atoms with van der Waals surface area (Å²) in [5.74, 6) is -1.46. The van der Waals surface area contributed by atoms with E-state index in [0.29, 0.717) is 17.4 Å². The molecule has 0 unspecified atom stereocenters. The van der Waals surface area contributed by atoms with Crippen molar-refractivity contribution < 1.29 is 27.1 Å². The van der Waals surface area contributed by atoms with Crippen molar-refractivity contribution in [1.82, 2.24) is 4.98 Å². The predicted molar refractivity (Wildman–Crippen MR) is 125 cm³/mol. The van der Waals surface area contributed by atoms with Crippen LogP contribution in [0.15, 0.2) is 65.8 Å². The number of carbonyl (C=O) groups is 1. The van der Waals surface area contributed by atoms with E-state index in [4.69, 9.17) is 16.3 Å². The first-order valence-corrected chi connectivity index (χ1v) is 11.3. The zero-order valence-corrected chi connectivity index (χ0v) is 19.5. The Bertz CT molecular complexity index is 1200. The molecule has 2 aromatic carbocycles. The second kappa shape index (κ2) is 10.9. The van der Waals surface area contributed by atoms with Gasteiger partial charge in [-0.25, -0.2) is 9.37 Å². The highest BCUT2D eigenvalue weighted by atomic mass is 35.5. The predicted octanol–water partition coefficient (Wildman–Crippen LogP) is 6.47. The molecular weight excluding hydrogens is 494 g/mol. The van der Waals surface area contributed by atoms with Gasteiger partial charge in [-0.15, -0.1) is 0 Å². The summed E-state index contributed by atoms with van der Waals surface area (Å²) in [5.41, 5.74) is -0.554. The van der Waals surface area contributed by atoms with Crippen LogP contribution < -0.4 is 9.64 Å². The van der Waals surface area contributed by atoms with Crippen LogP contribution in [0.1, 0.15) is 21.5 Å². The van der Waals surface area contributed by atoms with E-state index in [1.807, 2.05) is 0 Å². The van der Waals surface area contributed by atoms with Crippen LogP contribution in [-0.4, -0.2) is 29.4 Å². The fourth-order valence-corrected chi connectivity index (χ4v) is 3.72. The van der Waals surface area contributed by atoms with Crippen LogP contribution in [0.5, 0.6) is 5.75 Å². The molecule has 0 radical (unpaired) electrons. The van der Waals surface area contributed by atoms with Crippen molar-refractivity contribution in [1.29, 1.82) is 0 Å². The highest BCUT2D eigenvalue weighted by molar-refractivity contribution is 8.13. The molecule has 0 aliphatic carbocycles. The summed E-state index contributed by atoms with van der Waals surface area (Å²) in [5, 5.41) is 0.198. The number of alkyl halides is 3. The maximum Gasteiger partial charge on any atom is 0.419 e. The average Bonchev–Trinajstić information content (AvgIpc) is 2.81. The Labute approximate surface area is 202 Å². The number of methoxy groups -OCH3 is 1. The molecule has 0 atom stereocenters. The molecule has 0 spiro atoms. The van der Waals surface area contributed by atoms with Gasteiger partial charge in [0.1, 0.15) is 16.7 Å². The molecular formula is C23H18ClF4N3O2S. The fourth-order valence-electron chi connectivity index (χ4n) is 2.98. The lowest BCUT2D eigenvalue weighted by molar-refractivity contribution is -0.139. The van der Waals surface area contributed by atoms with Gasteiger partial charge in [0.2, 0.25) is 0 Å². The van der Waals surface area contributed by atoms with Gasteiger partial charge in [0, 0.05) is 17.4 Å². The number of amidine groups is 1. The number of aromatic nitrogens is 1. The molecule has 0 aliphatic heterocycles. The van der Waals surface area contributed by atoms with Crippen LogP contribution in [0, 0.1) is 5.82 Å². The molecule has 34 heavy (non-hydrogen) atoms. The van der Waals surface area contributed by atoms with E-state index in [-0.39, 0.29) is 28.1 Å². The third-order valence-corrected chi connectivity index (χ3v) is 5.53. The maximum atomic E-state index is 13.9. The van der Waals surface area contributed by atoms with Crippen molar-refractivity contribution in [3.63, 3.8) is 0 Å². The number of aliphatic imine (C=N–C) groups is 1. The number of thioether (sulfide) groups is 1. The number of halogens is 5. The molecule has 3 rings (SSSR count). The molecule has 0 aliphatic rings. The third kappa shape index (κ3) is 6.27. The van der Waals surface area contributed by atoms with Crippen LogP contribution >= 0.6 is 23.4 Å². The van der Waals surface area contributed by atoms with E-state index in [0.717, 1.165) is 17.8 Å². The summed E-state index contributed by atoms with van der Waals surface area (Å²) in [7, 11) is 1.51. The standard InChI is InChI=1S/C23H18ClF4N3O2S/c1-33-17-6-3-14(4-7-17)13-31(16-5-8-19(25)18(12-16)23(26,27)28)22(34-2)30-21(32)15-9-10-29-20(24)11-15/h3-12H,13H2,1-2H3/b30-22-. The molecule has 0 bridgehead atoms. The minimum atomic E-state index is -4.90. The summed E-state index contributed by atoms with van der Waals surface area (Å²) >= 11 is 6.90. The normalized spacial score (nSPS) is 11.9. The Morgan fingerprint density at radius 1 is 1.15 bits per heavy atom. The van der Waals surface area contributed by atoms with Crippen molar-refractivity contribution in [3.05, 3.63) is 88.5 Å². The lowest BCUT2D eigenvalue weighted by Crippen LogP contribution is -2.29. The summed E-state index contributed by atoms with van der Waals surface area (Å²) in [6.07, 6.45) is -1.93. The first-order valence-electron chi connectivity index (χ1n) is 9.68. The zero-order chi connectivity index (χ0) is 24.9. The van der Waals surface area contributed by atoms with Crippen LogP contribution in [0.2, 0.25) is 5.15 Å². The maximum absolute atomic E-state index is 13.9. The Morgan fingerprint density at radius 2 is 1.85 bits per heavy atom. The Balaban J connectivity index is 2.08. The van der Waals surface area contributed by atoms with Gasteiger partial charge in [-0.1, -0.05) is 35.5 Å². The van der Waals surface area contributed by atoms with Crippen molar-refractivity contribution in [3.8, 4) is 5.75 Å². The first-order chi connectivity index (χ1) is 16.1. The quantitative estimate of drug-likeness (QED) is 0.170. The largest absolute Gasteiger partial charge is 0.497 e. The minimum Gasteiger partial charge on any atom is -0.497 e. The van der Waals surface area contributed by atoms with Crippen molar-refractivity contribution >= 4 is 40.1 Å². The van der Waals surface area contributed by atoms with Crippen LogP contribution in [-0.2, 0) is 12.7 Å². The molecule has 0 saturated carbocycles. The number of nitrogens with zero attached hydrogens (tertiary/aromatic N) is 3. The second-order valence-electron chi connectivity index (χ2n) is 6.87. The molecule has 3 aromatic rings. The number of rotatable bonds is 5. The van der Waals surface area contributed by atoms with Crippen molar-refractivity contribution in [2.45, 2.75) is 12.7 Å². The van der Waals surface area contributed by atoms with Gasteiger partial charge in [-0.2, -0.15) is 18.2 Å². The molecule has 5 nitrogen and oxygen atoms in total. The zero-order valence-electron chi connectivity index (χ0n) is 17.9. The van der Waals surface area contributed by atoms with E-state index in [1.54, 1.807) is 30.5 Å². The number of anilines is 1. The topological polar surface area (TPSA) is 54.8 Å².